The number of carbonyl (C=O) groups is 3. The van der Waals surface area contributed by atoms with Gasteiger partial charge in [-0.15, -0.1) is 0 Å². The van der Waals surface area contributed by atoms with Crippen LogP contribution in [0.1, 0.15) is 51.4 Å². The van der Waals surface area contributed by atoms with Gasteiger partial charge in [-0.1, -0.05) is 0 Å². The van der Waals surface area contributed by atoms with Crippen LogP contribution in [0.3, 0.4) is 0 Å². The van der Waals surface area contributed by atoms with E-state index in [1.165, 1.54) is 24.2 Å². The molecule has 2 unspecified atom stereocenters. The minimum Gasteiger partial charge on any atom is -0.454 e. The molecule has 6 fully saturated rings. The van der Waals surface area contributed by atoms with Crippen molar-refractivity contribution in [3.63, 3.8) is 0 Å². The van der Waals surface area contributed by atoms with Gasteiger partial charge in [-0.25, -0.2) is 13.2 Å². The van der Waals surface area contributed by atoms with Crippen LogP contribution in [0, 0.1) is 23.2 Å². The summed E-state index contributed by atoms with van der Waals surface area (Å²) >= 11 is 0. The average Bonchev–Trinajstić information content (AvgIpc) is 3.26. The number of rotatable bonds is 5. The molecule has 0 aromatic rings. The Morgan fingerprint density at radius 2 is 1.66 bits per heavy atom. The molecule has 9 nitrogen and oxygen atoms in total. The number of hydrogen-bond donors (Lipinski definition) is 2. The Kier molecular flexibility index (Phi) is 5.51. The topological polar surface area (TPSA) is 130 Å². The van der Waals surface area contributed by atoms with Gasteiger partial charge in [0.15, 0.2) is 16.4 Å². The number of esters is 1. The van der Waals surface area contributed by atoms with Gasteiger partial charge in [-0.05, 0) is 62.7 Å². The molecule has 6 rings (SSSR count). The first kappa shape index (κ1) is 22.1. The minimum atomic E-state index is -3.12. The van der Waals surface area contributed by atoms with Crippen LogP contribution in [-0.2, 0) is 29.0 Å². The van der Waals surface area contributed by atoms with E-state index in [1.807, 2.05) is 0 Å². The van der Waals surface area contributed by atoms with Crippen molar-refractivity contribution >= 4 is 27.6 Å². The highest BCUT2D eigenvalue weighted by atomic mass is 32.2. The van der Waals surface area contributed by atoms with E-state index < -0.39 is 51.9 Å². The maximum absolute atomic E-state index is 13.7. The first-order chi connectivity index (χ1) is 15.1. The molecule has 2 aliphatic heterocycles. The van der Waals surface area contributed by atoms with Crippen LogP contribution in [0.15, 0.2) is 0 Å². The van der Waals surface area contributed by atoms with Gasteiger partial charge in [0, 0.05) is 19.0 Å². The van der Waals surface area contributed by atoms with E-state index in [0.717, 1.165) is 19.3 Å². The molecule has 178 valence electrons. The third-order valence-electron chi connectivity index (χ3n) is 8.25. The number of hydrogen-bond acceptors (Lipinski definition) is 7. The number of likely N-dealkylation sites (tertiary alicyclic amines) is 1. The SMILES string of the molecule is O=C(COC(=O)[C@@H]1CC(O)CN1C(=O)C12CC3CC(CC(C3)C1)C2)NC1CCS(=O)(=O)C1. The predicted molar refractivity (Wildman–Crippen MR) is 113 cm³/mol. The van der Waals surface area contributed by atoms with E-state index in [2.05, 4.69) is 5.32 Å². The lowest BCUT2D eigenvalue weighted by Gasteiger charge is -2.56. The number of amides is 2. The highest BCUT2D eigenvalue weighted by Crippen LogP contribution is 2.60. The molecule has 4 saturated carbocycles. The molecule has 4 aliphatic carbocycles. The smallest absolute Gasteiger partial charge is 0.329 e. The predicted octanol–water partition coefficient (Wildman–Crippen LogP) is 0.0111. The van der Waals surface area contributed by atoms with Gasteiger partial charge in [0.1, 0.15) is 6.04 Å². The molecule has 32 heavy (non-hydrogen) atoms. The quantitative estimate of drug-likeness (QED) is 0.544. The number of aliphatic hydroxyl groups excluding tert-OH is 1. The molecular formula is C22H32N2O7S. The molecule has 2 amide bonds. The van der Waals surface area contributed by atoms with E-state index in [4.69, 9.17) is 4.74 Å². The van der Waals surface area contributed by atoms with Gasteiger partial charge in [-0.2, -0.15) is 0 Å². The average molecular weight is 469 g/mol. The van der Waals surface area contributed by atoms with Gasteiger partial charge in [-0.3, -0.25) is 9.59 Å². The first-order valence-electron chi connectivity index (χ1n) is 11.8. The zero-order chi connectivity index (χ0) is 22.7. The van der Waals surface area contributed by atoms with Crippen LogP contribution >= 0.6 is 0 Å². The van der Waals surface area contributed by atoms with Crippen molar-refractivity contribution in [3.8, 4) is 0 Å². The molecule has 10 heteroatoms. The number of sulfone groups is 1. The fourth-order valence-corrected chi connectivity index (χ4v) is 9.02. The molecule has 6 aliphatic rings. The lowest BCUT2D eigenvalue weighted by atomic mass is 9.49. The normalized spacial score (nSPS) is 41.6. The van der Waals surface area contributed by atoms with E-state index in [0.29, 0.717) is 24.2 Å². The molecule has 0 spiro atoms. The van der Waals surface area contributed by atoms with E-state index in [-0.39, 0.29) is 30.4 Å². The fraction of sp³-hybridized carbons (Fsp3) is 0.864. The van der Waals surface area contributed by atoms with Crippen molar-refractivity contribution in [3.05, 3.63) is 0 Å². The number of β-amino-alcohol motifs (C(OH)–C–C–N with tert-alkyl or cyclic N) is 1. The Morgan fingerprint density at radius 3 is 2.22 bits per heavy atom. The second-order valence-electron chi connectivity index (χ2n) is 10.8. The first-order valence-corrected chi connectivity index (χ1v) is 13.6. The van der Waals surface area contributed by atoms with Crippen LogP contribution in [0.4, 0.5) is 0 Å². The van der Waals surface area contributed by atoms with Crippen molar-refractivity contribution in [1.82, 2.24) is 10.2 Å². The minimum absolute atomic E-state index is 0.0317. The standard InChI is InChI=1S/C22H32N2O7S/c25-17-6-18(20(27)31-11-19(26)23-16-1-2-32(29,30)12-16)24(10-17)21(28)22-7-13-3-14(8-22)5-15(4-13)9-22/h13-18,25H,1-12H2,(H,23,26)/t13?,14?,15?,16?,17?,18-,22?/m0/s1. The summed E-state index contributed by atoms with van der Waals surface area (Å²) in [7, 11) is -3.12. The Hall–Kier alpha value is -1.68. The maximum atomic E-state index is 13.7. The Labute approximate surface area is 188 Å². The molecule has 2 heterocycles. The molecule has 0 radical (unpaired) electrons. The van der Waals surface area contributed by atoms with Gasteiger partial charge >= 0.3 is 5.97 Å². The molecular weight excluding hydrogens is 436 g/mol. The highest BCUT2D eigenvalue weighted by Gasteiger charge is 2.57. The lowest BCUT2D eigenvalue weighted by molar-refractivity contribution is -0.166. The van der Waals surface area contributed by atoms with Gasteiger partial charge in [0.25, 0.3) is 5.91 Å². The summed E-state index contributed by atoms with van der Waals surface area (Å²) in [6.07, 6.45) is 5.91. The summed E-state index contributed by atoms with van der Waals surface area (Å²) in [5.41, 5.74) is -0.414. The van der Waals surface area contributed by atoms with Crippen LogP contribution in [-0.4, -0.2) is 79.1 Å². The Bertz CT molecular complexity index is 882. The monoisotopic (exact) mass is 468 g/mol. The Balaban J connectivity index is 1.20. The zero-order valence-corrected chi connectivity index (χ0v) is 19.0. The zero-order valence-electron chi connectivity index (χ0n) is 18.2. The summed E-state index contributed by atoms with van der Waals surface area (Å²) < 4.78 is 28.2. The van der Waals surface area contributed by atoms with Crippen molar-refractivity contribution < 1.29 is 32.6 Å². The molecule has 2 N–H and O–H groups in total. The van der Waals surface area contributed by atoms with Crippen molar-refractivity contribution in [2.45, 2.75) is 69.6 Å². The molecule has 0 aromatic heterocycles. The largest absolute Gasteiger partial charge is 0.454 e. The number of nitrogens with zero attached hydrogens (tertiary/aromatic N) is 1. The number of ether oxygens (including phenoxy) is 1. The van der Waals surface area contributed by atoms with E-state index in [9.17, 15) is 27.9 Å². The molecule has 4 bridgehead atoms. The molecule has 0 aromatic carbocycles. The van der Waals surface area contributed by atoms with Crippen molar-refractivity contribution in [2.75, 3.05) is 24.7 Å². The van der Waals surface area contributed by atoms with Crippen molar-refractivity contribution in [2.24, 2.45) is 23.2 Å². The van der Waals surface area contributed by atoms with Gasteiger partial charge < -0.3 is 20.1 Å². The van der Waals surface area contributed by atoms with Crippen molar-refractivity contribution in [1.29, 1.82) is 0 Å². The summed E-state index contributed by atoms with van der Waals surface area (Å²) in [6.45, 7) is -0.409. The van der Waals surface area contributed by atoms with Crippen LogP contribution in [0.25, 0.3) is 0 Å². The number of aliphatic hydroxyl groups is 1. The fourth-order valence-electron chi connectivity index (χ4n) is 7.35. The maximum Gasteiger partial charge on any atom is 0.329 e. The molecule has 2 saturated heterocycles. The Morgan fingerprint density at radius 1 is 1.03 bits per heavy atom. The van der Waals surface area contributed by atoms with Crippen LogP contribution in [0.5, 0.6) is 0 Å². The molecule has 3 atom stereocenters. The second-order valence-corrected chi connectivity index (χ2v) is 13.1. The summed E-state index contributed by atoms with van der Waals surface area (Å²) in [4.78, 5) is 40.1. The van der Waals surface area contributed by atoms with Crippen LogP contribution in [0.2, 0.25) is 0 Å². The summed E-state index contributed by atoms with van der Waals surface area (Å²) in [6, 6.07) is -1.35. The third kappa shape index (κ3) is 4.16. The van der Waals surface area contributed by atoms with Gasteiger partial charge in [0.2, 0.25) is 5.91 Å². The number of nitrogens with one attached hydrogen (secondary N) is 1. The number of carbonyl (C=O) groups excluding carboxylic acids is 3. The van der Waals surface area contributed by atoms with E-state index in [1.54, 1.807) is 0 Å². The van der Waals surface area contributed by atoms with E-state index >= 15 is 0 Å². The summed E-state index contributed by atoms with van der Waals surface area (Å²) in [5, 5.41) is 12.8. The highest BCUT2D eigenvalue weighted by molar-refractivity contribution is 7.91. The van der Waals surface area contributed by atoms with Gasteiger partial charge in [0.05, 0.1) is 23.0 Å². The lowest BCUT2D eigenvalue weighted by Crippen LogP contribution is -2.56. The van der Waals surface area contributed by atoms with Crippen LogP contribution < -0.4 is 5.32 Å². The second kappa shape index (κ2) is 7.97. The third-order valence-corrected chi connectivity index (χ3v) is 10.0. The summed E-state index contributed by atoms with van der Waals surface area (Å²) in [5.74, 6) is 0.430.